The maximum atomic E-state index is 12.5. The average Bonchev–Trinajstić information content (AvgIpc) is 2.96. The summed E-state index contributed by atoms with van der Waals surface area (Å²) >= 11 is 5.87. The van der Waals surface area contributed by atoms with E-state index in [-0.39, 0.29) is 11.8 Å². The van der Waals surface area contributed by atoms with Gasteiger partial charge in [0.1, 0.15) is 11.9 Å². The van der Waals surface area contributed by atoms with E-state index in [1.807, 2.05) is 37.3 Å². The zero-order valence-electron chi connectivity index (χ0n) is 14.3. The van der Waals surface area contributed by atoms with Gasteiger partial charge in [0.2, 0.25) is 11.8 Å². The minimum atomic E-state index is -0.576. The van der Waals surface area contributed by atoms with Gasteiger partial charge in [-0.2, -0.15) is 5.10 Å². The summed E-state index contributed by atoms with van der Waals surface area (Å²) in [5, 5.41) is 7.96. The number of benzene rings is 1. The Kier molecular flexibility index (Phi) is 5.08. The van der Waals surface area contributed by atoms with Gasteiger partial charge in [0.15, 0.2) is 0 Å². The van der Waals surface area contributed by atoms with Crippen LogP contribution in [-0.4, -0.2) is 34.2 Å². The van der Waals surface area contributed by atoms with Gasteiger partial charge in [0, 0.05) is 24.1 Å². The van der Waals surface area contributed by atoms with Gasteiger partial charge < -0.3 is 5.32 Å². The highest BCUT2D eigenvalue weighted by atomic mass is 35.5. The van der Waals surface area contributed by atoms with E-state index in [4.69, 9.17) is 11.6 Å². The molecule has 0 radical (unpaired) electrons. The molecule has 25 heavy (non-hydrogen) atoms. The molecule has 0 spiro atoms. The van der Waals surface area contributed by atoms with Crippen molar-refractivity contribution in [3.63, 3.8) is 0 Å². The molecule has 1 aromatic carbocycles. The lowest BCUT2D eigenvalue weighted by Gasteiger charge is -2.31. The smallest absolute Gasteiger partial charge is 0.242 e. The second kappa shape index (κ2) is 7.27. The lowest BCUT2D eigenvalue weighted by molar-refractivity contribution is -0.126. The molecule has 2 amide bonds. The fourth-order valence-corrected chi connectivity index (χ4v) is 3.13. The third-order valence-corrected chi connectivity index (χ3v) is 4.58. The quantitative estimate of drug-likeness (QED) is 0.889. The molecule has 1 aliphatic rings. The molecule has 7 heteroatoms. The van der Waals surface area contributed by atoms with Gasteiger partial charge >= 0.3 is 0 Å². The number of rotatable bonds is 5. The number of fused-ring (bicyclic) bond motifs is 1. The molecule has 132 valence electrons. The van der Waals surface area contributed by atoms with Gasteiger partial charge in [-0.15, -0.1) is 0 Å². The standard InChI is InChI=1S/C18H21ClN4O2/c1-12-11-16-22(21-12)10-8-17(24)23(16)13(2)18(25)20-9-7-14-3-5-15(19)6-4-14/h3-6,11,13H,7-10H2,1-2H3,(H,20,25). The maximum absolute atomic E-state index is 12.5. The minimum Gasteiger partial charge on any atom is -0.354 e. The van der Waals surface area contributed by atoms with Crippen LogP contribution in [0.1, 0.15) is 24.6 Å². The van der Waals surface area contributed by atoms with E-state index in [9.17, 15) is 9.59 Å². The van der Waals surface area contributed by atoms with Crippen LogP contribution in [0.25, 0.3) is 0 Å². The van der Waals surface area contributed by atoms with E-state index in [1.165, 1.54) is 0 Å². The average molecular weight is 361 g/mol. The molecule has 1 atom stereocenters. The monoisotopic (exact) mass is 360 g/mol. The summed E-state index contributed by atoms with van der Waals surface area (Å²) in [5.41, 5.74) is 1.94. The van der Waals surface area contributed by atoms with E-state index in [0.717, 1.165) is 11.3 Å². The van der Waals surface area contributed by atoms with Crippen LogP contribution in [0.4, 0.5) is 5.82 Å². The first kappa shape index (κ1) is 17.5. The molecule has 3 rings (SSSR count). The number of anilines is 1. The van der Waals surface area contributed by atoms with Crippen molar-refractivity contribution < 1.29 is 9.59 Å². The minimum absolute atomic E-state index is 0.0484. The molecule has 2 heterocycles. The number of carbonyl (C=O) groups excluding carboxylic acids is 2. The Bertz CT molecular complexity index is 785. The Hall–Kier alpha value is -2.34. The molecule has 0 fully saturated rings. The largest absolute Gasteiger partial charge is 0.354 e. The molecule has 1 unspecified atom stereocenters. The zero-order valence-corrected chi connectivity index (χ0v) is 15.1. The van der Waals surface area contributed by atoms with Crippen molar-refractivity contribution in [3.05, 3.63) is 46.6 Å². The van der Waals surface area contributed by atoms with Crippen LogP contribution in [0.15, 0.2) is 30.3 Å². The third-order valence-electron chi connectivity index (χ3n) is 4.33. The highest BCUT2D eigenvalue weighted by molar-refractivity contribution is 6.30. The molecule has 2 aromatic rings. The summed E-state index contributed by atoms with van der Waals surface area (Å²) in [5.74, 6) is 0.469. The van der Waals surface area contributed by atoms with Gasteiger partial charge in [-0.05, 0) is 38.0 Å². The van der Waals surface area contributed by atoms with Crippen LogP contribution in [0.2, 0.25) is 5.02 Å². The Labute approximate surface area is 151 Å². The molecule has 6 nitrogen and oxygen atoms in total. The maximum Gasteiger partial charge on any atom is 0.242 e. The van der Waals surface area contributed by atoms with Crippen LogP contribution < -0.4 is 10.2 Å². The number of nitrogens with one attached hydrogen (secondary N) is 1. The number of amides is 2. The number of aryl methyl sites for hydroxylation is 2. The van der Waals surface area contributed by atoms with Crippen molar-refractivity contribution in [1.29, 1.82) is 0 Å². The van der Waals surface area contributed by atoms with Gasteiger partial charge in [-0.25, -0.2) is 4.68 Å². The molecule has 0 saturated carbocycles. The molecule has 0 saturated heterocycles. The Morgan fingerprint density at radius 1 is 1.36 bits per heavy atom. The number of halogens is 1. The predicted molar refractivity (Wildman–Crippen MR) is 96.7 cm³/mol. The van der Waals surface area contributed by atoms with E-state index >= 15 is 0 Å². The van der Waals surface area contributed by atoms with Crippen LogP contribution in [-0.2, 0) is 22.6 Å². The number of aromatic nitrogens is 2. The summed E-state index contributed by atoms with van der Waals surface area (Å²) in [6, 6.07) is 8.80. The number of carbonyl (C=O) groups is 2. The zero-order chi connectivity index (χ0) is 18.0. The van der Waals surface area contributed by atoms with Crippen molar-refractivity contribution in [3.8, 4) is 0 Å². The first-order valence-electron chi connectivity index (χ1n) is 8.34. The van der Waals surface area contributed by atoms with Gasteiger partial charge in [-0.1, -0.05) is 23.7 Å². The summed E-state index contributed by atoms with van der Waals surface area (Å²) in [7, 11) is 0. The van der Waals surface area contributed by atoms with E-state index in [0.29, 0.717) is 36.8 Å². The second-order valence-corrected chi connectivity index (χ2v) is 6.66. The summed E-state index contributed by atoms with van der Waals surface area (Å²) in [4.78, 5) is 26.4. The number of nitrogens with zero attached hydrogens (tertiary/aromatic N) is 3. The Morgan fingerprint density at radius 3 is 2.80 bits per heavy atom. The SMILES string of the molecule is Cc1cc2n(n1)CCC(=O)N2C(C)C(=O)NCCc1ccc(Cl)cc1. The van der Waals surface area contributed by atoms with Crippen LogP contribution in [0, 0.1) is 6.92 Å². The van der Waals surface area contributed by atoms with Crippen molar-refractivity contribution in [1.82, 2.24) is 15.1 Å². The highest BCUT2D eigenvalue weighted by Crippen LogP contribution is 2.24. The Balaban J connectivity index is 1.62. The summed E-state index contributed by atoms with van der Waals surface area (Å²) in [6.45, 7) is 4.69. The van der Waals surface area contributed by atoms with Crippen molar-refractivity contribution in [2.45, 2.75) is 39.3 Å². The van der Waals surface area contributed by atoms with Gasteiger partial charge in [-0.3, -0.25) is 14.5 Å². The summed E-state index contributed by atoms with van der Waals surface area (Å²) < 4.78 is 1.79. The van der Waals surface area contributed by atoms with Gasteiger partial charge in [0.25, 0.3) is 0 Å². The predicted octanol–water partition coefficient (Wildman–Crippen LogP) is 2.33. The van der Waals surface area contributed by atoms with Crippen molar-refractivity contribution in [2.75, 3.05) is 11.4 Å². The summed E-state index contributed by atoms with van der Waals surface area (Å²) in [6.07, 6.45) is 1.07. The third kappa shape index (κ3) is 3.85. The molecule has 0 aliphatic carbocycles. The van der Waals surface area contributed by atoms with Crippen molar-refractivity contribution >= 4 is 29.2 Å². The lowest BCUT2D eigenvalue weighted by Crippen LogP contribution is -2.51. The molecule has 1 N–H and O–H groups in total. The highest BCUT2D eigenvalue weighted by Gasteiger charge is 2.32. The second-order valence-electron chi connectivity index (χ2n) is 6.22. The fourth-order valence-electron chi connectivity index (χ4n) is 3.00. The van der Waals surface area contributed by atoms with E-state index in [2.05, 4.69) is 10.4 Å². The van der Waals surface area contributed by atoms with Crippen LogP contribution in [0.3, 0.4) is 0 Å². The first-order valence-corrected chi connectivity index (χ1v) is 8.72. The Morgan fingerprint density at radius 2 is 2.08 bits per heavy atom. The molecular formula is C18H21ClN4O2. The van der Waals surface area contributed by atoms with E-state index < -0.39 is 6.04 Å². The molecular weight excluding hydrogens is 340 g/mol. The fraction of sp³-hybridized carbons (Fsp3) is 0.389. The lowest BCUT2D eigenvalue weighted by atomic mass is 10.1. The van der Waals surface area contributed by atoms with Crippen molar-refractivity contribution in [2.24, 2.45) is 0 Å². The molecule has 1 aromatic heterocycles. The number of hydrogen-bond acceptors (Lipinski definition) is 3. The normalized spacial score (nSPS) is 15.0. The first-order chi connectivity index (χ1) is 12.0. The van der Waals surface area contributed by atoms with Gasteiger partial charge in [0.05, 0.1) is 12.2 Å². The topological polar surface area (TPSA) is 67.2 Å². The number of hydrogen-bond donors (Lipinski definition) is 1. The van der Waals surface area contributed by atoms with Crippen LogP contribution in [0.5, 0.6) is 0 Å². The molecule has 0 bridgehead atoms. The van der Waals surface area contributed by atoms with E-state index in [1.54, 1.807) is 16.5 Å². The molecule has 1 aliphatic heterocycles. The van der Waals surface area contributed by atoms with Crippen LogP contribution >= 0.6 is 11.6 Å².